The van der Waals surface area contributed by atoms with Gasteiger partial charge in [-0.2, -0.15) is 0 Å². The Morgan fingerprint density at radius 1 is 1.00 bits per heavy atom. The third-order valence-electron chi connectivity index (χ3n) is 5.18. The number of hydrogen-bond acceptors (Lipinski definition) is 4. The molecule has 154 valence electrons. The van der Waals surface area contributed by atoms with Crippen LogP contribution in [0.4, 0.5) is 10.5 Å². The van der Waals surface area contributed by atoms with Crippen molar-refractivity contribution < 1.29 is 19.4 Å². The van der Waals surface area contributed by atoms with Crippen molar-refractivity contribution in [1.82, 2.24) is 5.32 Å². The highest BCUT2D eigenvalue weighted by Crippen LogP contribution is 2.44. The summed E-state index contributed by atoms with van der Waals surface area (Å²) in [7, 11) is 0. The first-order valence-corrected chi connectivity index (χ1v) is 9.75. The third kappa shape index (κ3) is 4.21. The molecule has 0 radical (unpaired) electrons. The van der Waals surface area contributed by atoms with E-state index in [0.717, 1.165) is 11.1 Å². The number of nitrogens with one attached hydrogen (secondary N) is 1. The van der Waals surface area contributed by atoms with Gasteiger partial charge in [0, 0.05) is 17.2 Å². The van der Waals surface area contributed by atoms with E-state index in [1.807, 2.05) is 24.3 Å². The molecule has 0 atom stereocenters. The largest absolute Gasteiger partial charge is 0.478 e. The molecule has 6 heteroatoms. The number of anilines is 1. The Bertz CT molecular complexity index is 1180. The summed E-state index contributed by atoms with van der Waals surface area (Å²) < 4.78 is 5.45. The van der Waals surface area contributed by atoms with Crippen molar-refractivity contribution in [1.29, 1.82) is 0 Å². The first kappa shape index (κ1) is 20.0. The van der Waals surface area contributed by atoms with Crippen LogP contribution in [0.3, 0.4) is 0 Å². The van der Waals surface area contributed by atoms with E-state index in [9.17, 15) is 9.59 Å². The van der Waals surface area contributed by atoms with E-state index in [4.69, 9.17) is 15.6 Å². The summed E-state index contributed by atoms with van der Waals surface area (Å²) in [6.07, 6.45) is -0.556. The van der Waals surface area contributed by atoms with Gasteiger partial charge in [-0.3, -0.25) is 0 Å². The Kier molecular flexibility index (Phi) is 5.59. The van der Waals surface area contributed by atoms with Gasteiger partial charge in [-0.15, -0.1) is 0 Å². The summed E-state index contributed by atoms with van der Waals surface area (Å²) in [5.74, 6) is 4.47. The van der Waals surface area contributed by atoms with E-state index < -0.39 is 12.1 Å². The quantitative estimate of drug-likeness (QED) is 0.446. The number of fused-ring (bicyclic) bond motifs is 3. The van der Waals surface area contributed by atoms with Crippen LogP contribution in [0.1, 0.15) is 33.0 Å². The molecule has 31 heavy (non-hydrogen) atoms. The molecule has 3 aromatic rings. The second-order valence-electron chi connectivity index (χ2n) is 7.09. The maximum absolute atomic E-state index is 12.1. The zero-order valence-corrected chi connectivity index (χ0v) is 16.6. The van der Waals surface area contributed by atoms with Crippen LogP contribution in [0.5, 0.6) is 0 Å². The molecule has 0 bridgehead atoms. The number of ether oxygens (including phenoxy) is 1. The first-order valence-electron chi connectivity index (χ1n) is 9.75. The molecule has 6 nitrogen and oxygen atoms in total. The van der Waals surface area contributed by atoms with Crippen LogP contribution in [0.25, 0.3) is 11.1 Å². The highest BCUT2D eigenvalue weighted by Gasteiger charge is 2.28. The molecule has 0 heterocycles. The van der Waals surface area contributed by atoms with Gasteiger partial charge in [0.2, 0.25) is 0 Å². The predicted octanol–water partition coefficient (Wildman–Crippen LogP) is 3.86. The van der Waals surface area contributed by atoms with Gasteiger partial charge >= 0.3 is 12.1 Å². The van der Waals surface area contributed by atoms with Crippen LogP contribution in [-0.4, -0.2) is 30.3 Å². The topological polar surface area (TPSA) is 102 Å². The van der Waals surface area contributed by atoms with Gasteiger partial charge in [-0.1, -0.05) is 60.4 Å². The Labute approximate surface area is 179 Å². The molecule has 0 saturated heterocycles. The van der Waals surface area contributed by atoms with E-state index >= 15 is 0 Å². The number of carboxylic acid groups (broad SMARTS) is 1. The Morgan fingerprint density at radius 3 is 2.29 bits per heavy atom. The average Bonchev–Trinajstić information content (AvgIpc) is 3.10. The number of rotatable bonds is 4. The van der Waals surface area contributed by atoms with Crippen LogP contribution < -0.4 is 11.1 Å². The highest BCUT2D eigenvalue weighted by molar-refractivity contribution is 5.94. The zero-order chi connectivity index (χ0) is 21.8. The molecule has 3 aromatic carbocycles. The number of amides is 1. The molecule has 0 aromatic heterocycles. The Hall–Kier alpha value is -4.24. The number of aromatic carboxylic acids is 1. The number of carbonyl (C=O) groups excluding carboxylic acids is 1. The summed E-state index contributed by atoms with van der Waals surface area (Å²) >= 11 is 0. The lowest BCUT2D eigenvalue weighted by molar-refractivity contribution is 0.0698. The van der Waals surface area contributed by atoms with E-state index in [1.54, 1.807) is 6.07 Å². The molecule has 0 unspecified atom stereocenters. The minimum absolute atomic E-state index is 0.00343. The molecule has 0 aliphatic heterocycles. The lowest BCUT2D eigenvalue weighted by Gasteiger charge is -2.14. The standard InChI is InChI=1S/C25H20N2O4/c26-23-12-11-16(14-21(23)24(28)29)6-5-13-27-25(30)31-15-22-19-9-3-1-7-17(19)18-8-2-4-10-20(18)22/h1-4,7-12,14,22H,13,15,26H2,(H,27,30)(H,28,29). The van der Waals surface area contributed by atoms with Crippen molar-refractivity contribution in [2.45, 2.75) is 5.92 Å². The second-order valence-corrected chi connectivity index (χ2v) is 7.09. The molecular formula is C25H20N2O4. The maximum atomic E-state index is 12.1. The fraction of sp³-hybridized carbons (Fsp3) is 0.120. The minimum Gasteiger partial charge on any atom is -0.478 e. The number of carbonyl (C=O) groups is 2. The molecule has 1 amide bonds. The van der Waals surface area contributed by atoms with E-state index in [2.05, 4.69) is 41.4 Å². The molecule has 1 aliphatic rings. The van der Waals surface area contributed by atoms with Gasteiger partial charge in [-0.05, 0) is 40.5 Å². The van der Waals surface area contributed by atoms with E-state index in [0.29, 0.717) is 5.56 Å². The molecule has 1 aliphatic carbocycles. The Morgan fingerprint density at radius 2 is 1.65 bits per heavy atom. The number of alkyl carbamates (subject to hydrolysis) is 1. The lowest BCUT2D eigenvalue weighted by atomic mass is 9.98. The van der Waals surface area contributed by atoms with Gasteiger partial charge in [-0.25, -0.2) is 9.59 Å². The summed E-state index contributed by atoms with van der Waals surface area (Å²) in [6, 6.07) is 20.8. The average molecular weight is 412 g/mol. The van der Waals surface area contributed by atoms with Gasteiger partial charge in [0.05, 0.1) is 12.1 Å². The van der Waals surface area contributed by atoms with Crippen molar-refractivity contribution in [3.63, 3.8) is 0 Å². The monoisotopic (exact) mass is 412 g/mol. The summed E-state index contributed by atoms with van der Waals surface area (Å²) in [6.45, 7) is 0.302. The number of benzene rings is 3. The number of nitrogen functional groups attached to an aromatic ring is 1. The van der Waals surface area contributed by atoms with Gasteiger partial charge in [0.1, 0.15) is 6.61 Å². The fourth-order valence-electron chi connectivity index (χ4n) is 3.73. The predicted molar refractivity (Wildman–Crippen MR) is 118 cm³/mol. The van der Waals surface area contributed by atoms with Crippen molar-refractivity contribution in [3.05, 3.63) is 89.0 Å². The van der Waals surface area contributed by atoms with Crippen molar-refractivity contribution in [3.8, 4) is 23.0 Å². The smallest absolute Gasteiger partial charge is 0.407 e. The molecule has 0 spiro atoms. The molecule has 4 rings (SSSR count). The summed E-state index contributed by atoms with van der Waals surface area (Å²) in [5, 5.41) is 11.7. The maximum Gasteiger partial charge on any atom is 0.407 e. The van der Waals surface area contributed by atoms with Crippen molar-refractivity contribution in [2.75, 3.05) is 18.9 Å². The van der Waals surface area contributed by atoms with Crippen LogP contribution >= 0.6 is 0 Å². The minimum atomic E-state index is -1.11. The normalized spacial score (nSPS) is 11.6. The second kappa shape index (κ2) is 8.64. The molecule has 4 N–H and O–H groups in total. The number of nitrogens with two attached hydrogens (primary N) is 1. The highest BCUT2D eigenvalue weighted by atomic mass is 16.5. The van der Waals surface area contributed by atoms with E-state index in [-0.39, 0.29) is 30.3 Å². The van der Waals surface area contributed by atoms with Crippen LogP contribution in [0.15, 0.2) is 66.7 Å². The van der Waals surface area contributed by atoms with Gasteiger partial charge in [0.15, 0.2) is 0 Å². The zero-order valence-electron chi connectivity index (χ0n) is 16.6. The van der Waals surface area contributed by atoms with Crippen LogP contribution in [-0.2, 0) is 4.74 Å². The number of carboxylic acids is 1. The third-order valence-corrected chi connectivity index (χ3v) is 5.18. The fourth-order valence-corrected chi connectivity index (χ4v) is 3.73. The molecule has 0 fully saturated rings. The van der Waals surface area contributed by atoms with Crippen molar-refractivity contribution in [2.24, 2.45) is 0 Å². The molecular weight excluding hydrogens is 392 g/mol. The van der Waals surface area contributed by atoms with Crippen molar-refractivity contribution >= 4 is 17.7 Å². The van der Waals surface area contributed by atoms with E-state index in [1.165, 1.54) is 23.3 Å². The lowest BCUT2D eigenvalue weighted by Crippen LogP contribution is -2.26. The Balaban J connectivity index is 1.35. The SMILES string of the molecule is Nc1ccc(C#CCNC(=O)OCC2c3ccccc3-c3ccccc32)cc1C(=O)O. The van der Waals surface area contributed by atoms with Gasteiger partial charge in [0.25, 0.3) is 0 Å². The number of hydrogen-bond donors (Lipinski definition) is 3. The molecule has 0 saturated carbocycles. The summed E-state index contributed by atoms with van der Waals surface area (Å²) in [4.78, 5) is 23.3. The van der Waals surface area contributed by atoms with Crippen LogP contribution in [0.2, 0.25) is 0 Å². The van der Waals surface area contributed by atoms with Gasteiger partial charge < -0.3 is 20.9 Å². The van der Waals surface area contributed by atoms with Crippen LogP contribution in [0, 0.1) is 11.8 Å². The summed E-state index contributed by atoms with van der Waals surface area (Å²) in [5.41, 5.74) is 10.9. The first-order chi connectivity index (χ1) is 15.0.